The van der Waals surface area contributed by atoms with E-state index in [-0.39, 0.29) is 5.69 Å². The van der Waals surface area contributed by atoms with E-state index in [1.165, 1.54) is 43.7 Å². The van der Waals surface area contributed by atoms with Crippen LogP contribution in [0.25, 0.3) is 21.9 Å². The molecule has 0 radical (unpaired) electrons. The van der Waals surface area contributed by atoms with Crippen molar-refractivity contribution in [3.05, 3.63) is 64.6 Å². The van der Waals surface area contributed by atoms with Crippen LogP contribution in [0.1, 0.15) is 10.5 Å². The fraction of sp³-hybridized carbons (Fsp3) is 0.0625. The van der Waals surface area contributed by atoms with Gasteiger partial charge in [-0.05, 0) is 23.8 Å². The van der Waals surface area contributed by atoms with Gasteiger partial charge in [-0.3, -0.25) is 9.78 Å². The number of carboxylic acid groups (broad SMARTS) is 1. The zero-order valence-corrected chi connectivity index (χ0v) is 11.6. The topological polar surface area (TPSA) is 72.2 Å². The number of nitrogens with zero attached hydrogens (tertiary/aromatic N) is 2. The van der Waals surface area contributed by atoms with Crippen molar-refractivity contribution in [2.75, 3.05) is 0 Å². The Hall–Kier alpha value is -3.02. The molecule has 0 amide bonds. The second-order valence-electron chi connectivity index (χ2n) is 4.82. The van der Waals surface area contributed by atoms with Gasteiger partial charge in [-0.25, -0.2) is 9.18 Å². The van der Waals surface area contributed by atoms with Crippen molar-refractivity contribution in [2.45, 2.75) is 0 Å². The lowest BCUT2D eigenvalue weighted by molar-refractivity contribution is 0.0686. The van der Waals surface area contributed by atoms with Crippen molar-refractivity contribution in [2.24, 2.45) is 7.05 Å². The number of aromatic carboxylic acids is 1. The van der Waals surface area contributed by atoms with E-state index in [0.717, 1.165) is 4.57 Å². The summed E-state index contributed by atoms with van der Waals surface area (Å²) >= 11 is 0. The molecule has 2 heterocycles. The van der Waals surface area contributed by atoms with Crippen LogP contribution in [0.4, 0.5) is 4.39 Å². The Labute approximate surface area is 124 Å². The molecule has 0 fully saturated rings. The van der Waals surface area contributed by atoms with Crippen molar-refractivity contribution in [3.8, 4) is 11.1 Å². The number of carboxylic acids is 1. The number of hydrogen-bond donors (Lipinski definition) is 1. The van der Waals surface area contributed by atoms with Gasteiger partial charge in [0.25, 0.3) is 5.56 Å². The lowest BCUT2D eigenvalue weighted by Crippen LogP contribution is -2.24. The average Bonchev–Trinajstić information content (AvgIpc) is 2.51. The fourth-order valence-corrected chi connectivity index (χ4v) is 2.52. The summed E-state index contributed by atoms with van der Waals surface area (Å²) in [5, 5.41) is 10.3. The standard InChI is InChI=1S/C16H11FN2O3/c1-19-14(16(21)22)13(9-2-4-10(17)5-3-9)11-6-7-18-8-12(11)15(19)20/h2-8H,1H3,(H,21,22). The Balaban J connectivity index is 2.53. The van der Waals surface area contributed by atoms with E-state index in [1.807, 2.05) is 0 Å². The third-order valence-electron chi connectivity index (χ3n) is 3.53. The van der Waals surface area contributed by atoms with Gasteiger partial charge >= 0.3 is 5.97 Å². The maximum absolute atomic E-state index is 13.1. The van der Waals surface area contributed by atoms with E-state index in [1.54, 1.807) is 6.07 Å². The van der Waals surface area contributed by atoms with Gasteiger partial charge in [0.1, 0.15) is 11.5 Å². The Kier molecular flexibility index (Phi) is 3.21. The molecule has 3 aromatic rings. The predicted molar refractivity (Wildman–Crippen MR) is 79.3 cm³/mol. The lowest BCUT2D eigenvalue weighted by atomic mass is 9.98. The monoisotopic (exact) mass is 298 g/mol. The average molecular weight is 298 g/mol. The zero-order valence-electron chi connectivity index (χ0n) is 11.6. The first kappa shape index (κ1) is 13.9. The molecule has 0 spiro atoms. The minimum absolute atomic E-state index is 0.143. The molecule has 0 unspecified atom stereocenters. The van der Waals surface area contributed by atoms with Crippen LogP contribution >= 0.6 is 0 Å². The molecule has 0 aliphatic carbocycles. The number of fused-ring (bicyclic) bond motifs is 1. The first-order valence-corrected chi connectivity index (χ1v) is 6.46. The van der Waals surface area contributed by atoms with Gasteiger partial charge in [0.05, 0.1) is 5.39 Å². The Morgan fingerprint density at radius 3 is 2.50 bits per heavy atom. The molecule has 3 rings (SSSR count). The van der Waals surface area contributed by atoms with Gasteiger partial charge in [-0.2, -0.15) is 0 Å². The highest BCUT2D eigenvalue weighted by Crippen LogP contribution is 2.30. The number of hydrogen-bond acceptors (Lipinski definition) is 3. The fourth-order valence-electron chi connectivity index (χ4n) is 2.52. The summed E-state index contributed by atoms with van der Waals surface area (Å²) in [5.74, 6) is -1.64. The van der Waals surface area contributed by atoms with Crippen molar-refractivity contribution < 1.29 is 14.3 Å². The number of carbonyl (C=O) groups is 1. The van der Waals surface area contributed by atoms with Gasteiger partial charge < -0.3 is 9.67 Å². The molecule has 0 saturated heterocycles. The van der Waals surface area contributed by atoms with Gasteiger partial charge in [0.15, 0.2) is 0 Å². The third kappa shape index (κ3) is 2.05. The van der Waals surface area contributed by atoms with E-state index in [4.69, 9.17) is 0 Å². The molecular weight excluding hydrogens is 287 g/mol. The summed E-state index contributed by atoms with van der Waals surface area (Å²) in [6.07, 6.45) is 2.89. The van der Waals surface area contributed by atoms with Crippen molar-refractivity contribution >= 4 is 16.7 Å². The van der Waals surface area contributed by atoms with Crippen molar-refractivity contribution in [3.63, 3.8) is 0 Å². The van der Waals surface area contributed by atoms with Gasteiger partial charge in [-0.15, -0.1) is 0 Å². The number of pyridine rings is 2. The molecule has 1 aromatic carbocycles. The molecule has 0 bridgehead atoms. The van der Waals surface area contributed by atoms with Crippen LogP contribution in [0.5, 0.6) is 0 Å². The first-order valence-electron chi connectivity index (χ1n) is 6.46. The molecule has 22 heavy (non-hydrogen) atoms. The van der Waals surface area contributed by atoms with Gasteiger partial charge in [0.2, 0.25) is 0 Å². The summed E-state index contributed by atoms with van der Waals surface area (Å²) in [5.41, 5.74) is 0.305. The highest BCUT2D eigenvalue weighted by molar-refractivity contribution is 6.05. The summed E-state index contributed by atoms with van der Waals surface area (Å²) < 4.78 is 14.2. The summed E-state index contributed by atoms with van der Waals surface area (Å²) in [7, 11) is 1.39. The Morgan fingerprint density at radius 1 is 1.18 bits per heavy atom. The van der Waals surface area contributed by atoms with E-state index in [2.05, 4.69) is 4.98 Å². The molecule has 2 aromatic heterocycles. The van der Waals surface area contributed by atoms with E-state index in [9.17, 15) is 19.1 Å². The van der Waals surface area contributed by atoms with E-state index in [0.29, 0.717) is 21.9 Å². The first-order chi connectivity index (χ1) is 10.5. The zero-order chi connectivity index (χ0) is 15.9. The molecule has 6 heteroatoms. The smallest absolute Gasteiger partial charge is 0.353 e. The lowest BCUT2D eigenvalue weighted by Gasteiger charge is -2.14. The van der Waals surface area contributed by atoms with Crippen LogP contribution in [0, 0.1) is 5.82 Å². The van der Waals surface area contributed by atoms with Crippen LogP contribution in [-0.4, -0.2) is 20.6 Å². The van der Waals surface area contributed by atoms with Crippen molar-refractivity contribution in [1.29, 1.82) is 0 Å². The SMILES string of the molecule is Cn1c(C(=O)O)c(-c2ccc(F)cc2)c2ccncc2c1=O. The summed E-state index contributed by atoms with van der Waals surface area (Å²) in [6, 6.07) is 7.06. The normalized spacial score (nSPS) is 10.8. The molecule has 0 aliphatic rings. The van der Waals surface area contributed by atoms with Gasteiger partial charge in [-0.1, -0.05) is 12.1 Å². The maximum Gasteiger partial charge on any atom is 0.353 e. The molecule has 5 nitrogen and oxygen atoms in total. The van der Waals surface area contributed by atoms with E-state index < -0.39 is 17.3 Å². The van der Waals surface area contributed by atoms with Crippen LogP contribution < -0.4 is 5.56 Å². The second kappa shape index (κ2) is 5.07. The van der Waals surface area contributed by atoms with Crippen LogP contribution in [0.2, 0.25) is 0 Å². The minimum Gasteiger partial charge on any atom is -0.477 e. The number of rotatable bonds is 2. The molecule has 0 saturated carbocycles. The Bertz CT molecular complexity index is 946. The number of halogens is 1. The van der Waals surface area contributed by atoms with E-state index >= 15 is 0 Å². The minimum atomic E-state index is -1.22. The van der Waals surface area contributed by atoms with Crippen LogP contribution in [0.3, 0.4) is 0 Å². The van der Waals surface area contributed by atoms with Crippen LogP contribution in [-0.2, 0) is 7.05 Å². The highest BCUT2D eigenvalue weighted by Gasteiger charge is 2.21. The third-order valence-corrected chi connectivity index (χ3v) is 3.53. The highest BCUT2D eigenvalue weighted by atomic mass is 19.1. The quantitative estimate of drug-likeness (QED) is 0.788. The number of aromatic nitrogens is 2. The predicted octanol–water partition coefficient (Wildman–Crippen LogP) is 2.44. The molecule has 110 valence electrons. The van der Waals surface area contributed by atoms with Gasteiger partial charge in [0, 0.05) is 30.4 Å². The molecular formula is C16H11FN2O3. The summed E-state index contributed by atoms with van der Waals surface area (Å²) in [4.78, 5) is 27.8. The van der Waals surface area contributed by atoms with Crippen molar-refractivity contribution in [1.82, 2.24) is 9.55 Å². The maximum atomic E-state index is 13.1. The van der Waals surface area contributed by atoms with Crippen LogP contribution in [0.15, 0.2) is 47.5 Å². The molecule has 0 aliphatic heterocycles. The molecule has 1 N–H and O–H groups in total. The second-order valence-corrected chi connectivity index (χ2v) is 4.82. The number of benzene rings is 1. The molecule has 0 atom stereocenters. The Morgan fingerprint density at radius 2 is 1.86 bits per heavy atom. The largest absolute Gasteiger partial charge is 0.477 e. The summed E-state index contributed by atoms with van der Waals surface area (Å²) in [6.45, 7) is 0.